The Morgan fingerprint density at radius 2 is 2.38 bits per heavy atom. The molecule has 0 aromatic carbocycles. The van der Waals surface area contributed by atoms with Crippen molar-refractivity contribution in [1.82, 2.24) is 0 Å². The maximum Gasteiger partial charge on any atom is 0.318 e. The molecule has 0 aliphatic rings. The molecule has 0 aliphatic carbocycles. The first-order chi connectivity index (χ1) is 3.68. The topological polar surface area (TPSA) is 26.3 Å². The second-order valence-electron chi connectivity index (χ2n) is 1.43. The van der Waals surface area contributed by atoms with Crippen molar-refractivity contribution in [3.63, 3.8) is 0 Å². The molecule has 0 N–H and O–H groups in total. The molecular weight excluding hydrogens is 124 g/mol. The Hall–Kier alpha value is -0.180. The van der Waals surface area contributed by atoms with Crippen molar-refractivity contribution in [3.8, 4) is 0 Å². The standard InChI is InChI=1S/C5H10O2S/c1-3-7-5(6)4(2)8/h4,8H,3H2,1-2H3/t4-/m1/s1. The number of carbonyl (C=O) groups is 1. The average Bonchev–Trinajstić information content (AvgIpc) is 1.67. The summed E-state index contributed by atoms with van der Waals surface area (Å²) in [5, 5.41) is -0.296. The molecule has 0 aromatic rings. The van der Waals surface area contributed by atoms with Gasteiger partial charge in [-0.05, 0) is 13.8 Å². The van der Waals surface area contributed by atoms with Crippen LogP contribution in [0.15, 0.2) is 0 Å². The van der Waals surface area contributed by atoms with Gasteiger partial charge in [-0.2, -0.15) is 12.6 Å². The zero-order valence-electron chi connectivity index (χ0n) is 5.05. The first-order valence-electron chi connectivity index (χ1n) is 2.53. The minimum Gasteiger partial charge on any atom is -0.465 e. The van der Waals surface area contributed by atoms with Crippen LogP contribution in [0.3, 0.4) is 0 Å². The molecule has 0 saturated heterocycles. The Bertz CT molecular complexity index is 80.5. The van der Waals surface area contributed by atoms with Crippen LogP contribution in [0.5, 0.6) is 0 Å². The Labute approximate surface area is 54.6 Å². The van der Waals surface area contributed by atoms with Crippen LogP contribution in [-0.2, 0) is 9.53 Å². The number of esters is 1. The van der Waals surface area contributed by atoms with Crippen molar-refractivity contribution < 1.29 is 9.53 Å². The van der Waals surface area contributed by atoms with Gasteiger partial charge in [-0.1, -0.05) is 0 Å². The molecule has 0 amide bonds. The molecule has 0 fully saturated rings. The second kappa shape index (κ2) is 3.78. The molecule has 0 saturated carbocycles. The van der Waals surface area contributed by atoms with Gasteiger partial charge in [-0.15, -0.1) is 0 Å². The highest BCUT2D eigenvalue weighted by atomic mass is 32.1. The molecule has 48 valence electrons. The van der Waals surface area contributed by atoms with Crippen LogP contribution in [0.1, 0.15) is 13.8 Å². The summed E-state index contributed by atoms with van der Waals surface area (Å²) in [6.45, 7) is 3.89. The van der Waals surface area contributed by atoms with E-state index in [1.54, 1.807) is 13.8 Å². The smallest absolute Gasteiger partial charge is 0.318 e. The van der Waals surface area contributed by atoms with Gasteiger partial charge < -0.3 is 4.74 Å². The van der Waals surface area contributed by atoms with Crippen LogP contribution >= 0.6 is 12.6 Å². The Morgan fingerprint density at radius 1 is 1.88 bits per heavy atom. The summed E-state index contributed by atoms with van der Waals surface area (Å²) < 4.78 is 4.59. The van der Waals surface area contributed by atoms with E-state index in [-0.39, 0.29) is 11.2 Å². The van der Waals surface area contributed by atoms with Gasteiger partial charge in [0, 0.05) is 0 Å². The van der Waals surface area contributed by atoms with Gasteiger partial charge in [0.15, 0.2) is 0 Å². The summed E-state index contributed by atoms with van der Waals surface area (Å²) >= 11 is 3.85. The molecule has 0 aromatic heterocycles. The average molecular weight is 134 g/mol. The van der Waals surface area contributed by atoms with Gasteiger partial charge in [0.05, 0.1) is 11.9 Å². The maximum absolute atomic E-state index is 10.4. The zero-order chi connectivity index (χ0) is 6.57. The fourth-order valence-electron chi connectivity index (χ4n) is 0.263. The van der Waals surface area contributed by atoms with Crippen molar-refractivity contribution in [2.75, 3.05) is 6.61 Å². The summed E-state index contributed by atoms with van der Waals surface area (Å²) in [6, 6.07) is 0. The Morgan fingerprint density at radius 3 is 2.50 bits per heavy atom. The normalized spacial score (nSPS) is 12.9. The zero-order valence-corrected chi connectivity index (χ0v) is 5.94. The van der Waals surface area contributed by atoms with Gasteiger partial charge in [-0.25, -0.2) is 0 Å². The second-order valence-corrected chi connectivity index (χ2v) is 2.20. The van der Waals surface area contributed by atoms with E-state index in [1.165, 1.54) is 0 Å². The minimum absolute atomic E-state index is 0.254. The van der Waals surface area contributed by atoms with Crippen molar-refractivity contribution in [3.05, 3.63) is 0 Å². The van der Waals surface area contributed by atoms with Crippen LogP contribution in [-0.4, -0.2) is 17.8 Å². The lowest BCUT2D eigenvalue weighted by Crippen LogP contribution is -2.13. The van der Waals surface area contributed by atoms with E-state index in [0.29, 0.717) is 6.61 Å². The highest BCUT2D eigenvalue weighted by molar-refractivity contribution is 7.81. The van der Waals surface area contributed by atoms with E-state index in [2.05, 4.69) is 17.4 Å². The highest BCUT2D eigenvalue weighted by Gasteiger charge is 2.06. The van der Waals surface area contributed by atoms with Gasteiger partial charge in [0.2, 0.25) is 0 Å². The van der Waals surface area contributed by atoms with Crippen molar-refractivity contribution in [1.29, 1.82) is 0 Å². The summed E-state index contributed by atoms with van der Waals surface area (Å²) in [6.07, 6.45) is 0. The molecular formula is C5H10O2S. The fraction of sp³-hybridized carbons (Fsp3) is 0.800. The number of rotatable bonds is 2. The number of thiol groups is 1. The molecule has 0 unspecified atom stereocenters. The molecule has 2 nitrogen and oxygen atoms in total. The predicted molar refractivity (Wildman–Crippen MR) is 35.1 cm³/mol. The van der Waals surface area contributed by atoms with Crippen molar-refractivity contribution in [2.24, 2.45) is 0 Å². The monoisotopic (exact) mass is 134 g/mol. The molecule has 1 atom stereocenters. The maximum atomic E-state index is 10.4. The molecule has 3 heteroatoms. The predicted octanol–water partition coefficient (Wildman–Crippen LogP) is 0.868. The summed E-state index contributed by atoms with van der Waals surface area (Å²) in [4.78, 5) is 10.4. The number of ether oxygens (including phenoxy) is 1. The highest BCUT2D eigenvalue weighted by Crippen LogP contribution is 1.94. The fourth-order valence-corrected chi connectivity index (χ4v) is 0.337. The van der Waals surface area contributed by atoms with Gasteiger partial charge in [0.1, 0.15) is 0 Å². The number of hydrogen-bond donors (Lipinski definition) is 1. The lowest BCUT2D eigenvalue weighted by molar-refractivity contribution is -0.142. The summed E-state index contributed by atoms with van der Waals surface area (Å²) in [7, 11) is 0. The number of hydrogen-bond acceptors (Lipinski definition) is 3. The third kappa shape index (κ3) is 2.91. The van der Waals surface area contributed by atoms with E-state index < -0.39 is 0 Å². The SMILES string of the molecule is CCOC(=O)[C@@H](C)S. The summed E-state index contributed by atoms with van der Waals surface area (Å²) in [5.41, 5.74) is 0. The Balaban J connectivity index is 3.33. The number of carbonyl (C=O) groups excluding carboxylic acids is 1. The molecule has 0 bridgehead atoms. The van der Waals surface area contributed by atoms with Crippen molar-refractivity contribution in [2.45, 2.75) is 19.1 Å². The molecule has 8 heavy (non-hydrogen) atoms. The third-order valence-corrected chi connectivity index (χ3v) is 0.839. The molecule has 0 rings (SSSR count). The van der Waals surface area contributed by atoms with E-state index >= 15 is 0 Å². The lowest BCUT2D eigenvalue weighted by atomic mass is 10.5. The third-order valence-electron chi connectivity index (χ3n) is 0.628. The van der Waals surface area contributed by atoms with Crippen LogP contribution in [0.4, 0.5) is 0 Å². The van der Waals surface area contributed by atoms with E-state index in [4.69, 9.17) is 0 Å². The minimum atomic E-state index is -0.296. The van der Waals surface area contributed by atoms with Crippen molar-refractivity contribution >= 4 is 18.6 Å². The van der Waals surface area contributed by atoms with E-state index in [0.717, 1.165) is 0 Å². The Kier molecular flexibility index (Phi) is 3.69. The first-order valence-corrected chi connectivity index (χ1v) is 3.04. The quantitative estimate of drug-likeness (QED) is 0.448. The largest absolute Gasteiger partial charge is 0.465 e. The van der Waals surface area contributed by atoms with Gasteiger partial charge >= 0.3 is 5.97 Å². The van der Waals surface area contributed by atoms with E-state index in [1.807, 2.05) is 0 Å². The van der Waals surface area contributed by atoms with Crippen LogP contribution in [0.25, 0.3) is 0 Å². The molecule has 0 radical (unpaired) electrons. The lowest BCUT2D eigenvalue weighted by Gasteiger charge is -2.01. The summed E-state index contributed by atoms with van der Waals surface area (Å²) in [5.74, 6) is -0.254. The first kappa shape index (κ1) is 7.82. The van der Waals surface area contributed by atoms with Crippen LogP contribution in [0, 0.1) is 0 Å². The van der Waals surface area contributed by atoms with E-state index in [9.17, 15) is 4.79 Å². The molecule has 0 spiro atoms. The van der Waals surface area contributed by atoms with Gasteiger partial charge in [-0.3, -0.25) is 4.79 Å². The van der Waals surface area contributed by atoms with Gasteiger partial charge in [0.25, 0.3) is 0 Å². The molecule has 0 heterocycles. The molecule has 0 aliphatic heterocycles. The van der Waals surface area contributed by atoms with Crippen LogP contribution in [0.2, 0.25) is 0 Å². The van der Waals surface area contributed by atoms with Crippen LogP contribution < -0.4 is 0 Å².